The highest BCUT2D eigenvalue weighted by atomic mass is 35.5. The molecule has 6 nitrogen and oxygen atoms in total. The fourth-order valence-corrected chi connectivity index (χ4v) is 2.27. The molecule has 1 atom stereocenters. The van der Waals surface area contributed by atoms with Crippen LogP contribution in [-0.2, 0) is 14.3 Å². The van der Waals surface area contributed by atoms with Gasteiger partial charge in [-0.2, -0.15) is 5.43 Å². The quantitative estimate of drug-likeness (QED) is 0.318. The topological polar surface area (TPSA) is 73.6 Å². The molecule has 1 heterocycles. The molecule has 7 heteroatoms. The van der Waals surface area contributed by atoms with Crippen molar-refractivity contribution in [3.05, 3.63) is 29.3 Å². The Hall–Kier alpha value is -1.79. The van der Waals surface area contributed by atoms with Gasteiger partial charge in [0.1, 0.15) is 6.54 Å². The fraction of sp³-hybridized carbons (Fsp3) is 0.467. The molecule has 1 aromatic rings. The van der Waals surface area contributed by atoms with E-state index in [1.807, 2.05) is 12.1 Å². The molecule has 0 amide bonds. The first-order valence-electron chi connectivity index (χ1n) is 7.36. The summed E-state index contributed by atoms with van der Waals surface area (Å²) in [6.07, 6.45) is 2.15. The highest BCUT2D eigenvalue weighted by molar-refractivity contribution is 6.34. The first kappa shape index (κ1) is 16.6. The number of hydrazine groups is 1. The van der Waals surface area contributed by atoms with E-state index in [2.05, 4.69) is 15.8 Å². The summed E-state index contributed by atoms with van der Waals surface area (Å²) in [7, 11) is 0. The normalized spacial score (nSPS) is 18.1. The number of carbonyl (C=O) groups excluding carboxylic acids is 1. The molecule has 1 fully saturated rings. The van der Waals surface area contributed by atoms with Crippen molar-refractivity contribution in [1.29, 1.82) is 0 Å². The lowest BCUT2D eigenvalue weighted by Crippen LogP contribution is -2.80. The average Bonchev–Trinajstić information content (AvgIpc) is 3.02. The van der Waals surface area contributed by atoms with Gasteiger partial charge in [-0.3, -0.25) is 4.99 Å². The lowest BCUT2D eigenvalue weighted by molar-refractivity contribution is -0.470. The van der Waals surface area contributed by atoms with E-state index >= 15 is 0 Å². The van der Waals surface area contributed by atoms with Crippen molar-refractivity contribution in [3.8, 4) is 0 Å². The number of amidine groups is 1. The molecule has 3 N–H and O–H groups in total. The maximum absolute atomic E-state index is 12.0. The van der Waals surface area contributed by atoms with Crippen LogP contribution in [-0.4, -0.2) is 37.7 Å². The van der Waals surface area contributed by atoms with E-state index in [0.29, 0.717) is 23.9 Å². The molecule has 0 aliphatic carbocycles. The smallest absolute Gasteiger partial charge is 0.423 e. The molecular weight excluding hydrogens is 306 g/mol. The SMILES string of the molecule is CCOC(=O)C(NNc1ccccc1Cl)=[NH+]C[C@H]1CCCO1. The van der Waals surface area contributed by atoms with Crippen LogP contribution in [0, 0.1) is 0 Å². The number of hydrogen-bond acceptors (Lipinski definition) is 4. The summed E-state index contributed by atoms with van der Waals surface area (Å²) in [5.74, 6) is -0.225. The van der Waals surface area contributed by atoms with Gasteiger partial charge in [0.25, 0.3) is 0 Å². The van der Waals surface area contributed by atoms with Gasteiger partial charge in [0.2, 0.25) is 0 Å². The van der Waals surface area contributed by atoms with E-state index in [-0.39, 0.29) is 11.9 Å². The van der Waals surface area contributed by atoms with E-state index in [0.717, 1.165) is 19.4 Å². The first-order valence-corrected chi connectivity index (χ1v) is 7.74. The van der Waals surface area contributed by atoms with E-state index in [1.165, 1.54) is 0 Å². The molecule has 0 bridgehead atoms. The van der Waals surface area contributed by atoms with Gasteiger partial charge in [-0.25, -0.2) is 10.2 Å². The largest absolute Gasteiger partial charge is 0.457 e. The summed E-state index contributed by atoms with van der Waals surface area (Å²) >= 11 is 6.06. The fourth-order valence-electron chi connectivity index (χ4n) is 2.08. The number of carbonyl (C=O) groups is 1. The highest BCUT2D eigenvalue weighted by Crippen LogP contribution is 2.19. The summed E-state index contributed by atoms with van der Waals surface area (Å²) in [6, 6.07) is 7.24. The van der Waals surface area contributed by atoms with Gasteiger partial charge >= 0.3 is 11.8 Å². The Bertz CT molecular complexity index is 531. The molecule has 0 saturated carbocycles. The molecule has 120 valence electrons. The molecule has 0 spiro atoms. The first-order chi connectivity index (χ1) is 10.7. The Labute approximate surface area is 134 Å². The van der Waals surface area contributed by atoms with Crippen molar-refractivity contribution >= 4 is 29.1 Å². The van der Waals surface area contributed by atoms with Gasteiger partial charge in [0, 0.05) is 6.61 Å². The van der Waals surface area contributed by atoms with Crippen LogP contribution in [0.5, 0.6) is 0 Å². The van der Waals surface area contributed by atoms with Crippen LogP contribution < -0.4 is 15.8 Å². The number of rotatable bonds is 5. The summed E-state index contributed by atoms with van der Waals surface area (Å²) in [6.45, 7) is 3.38. The van der Waals surface area contributed by atoms with Gasteiger partial charge < -0.3 is 9.47 Å². The molecule has 1 aromatic carbocycles. The number of para-hydroxylation sites is 1. The van der Waals surface area contributed by atoms with Crippen LogP contribution >= 0.6 is 11.6 Å². The standard InChI is InChI=1S/C15H20ClN3O3/c1-2-21-15(20)14(17-10-11-6-5-9-22-11)19-18-13-8-4-3-7-12(13)16/h3-4,7-8,11,18H,2,5-6,9-10H2,1H3,(H,17,19)/p+1/t11-/m1/s1. The van der Waals surface area contributed by atoms with E-state index in [1.54, 1.807) is 19.1 Å². The van der Waals surface area contributed by atoms with Crippen LogP contribution in [0.3, 0.4) is 0 Å². The monoisotopic (exact) mass is 326 g/mol. The summed E-state index contributed by atoms with van der Waals surface area (Å²) in [4.78, 5) is 15.0. The lowest BCUT2D eigenvalue weighted by atomic mass is 10.2. The Balaban J connectivity index is 1.98. The average molecular weight is 327 g/mol. The van der Waals surface area contributed by atoms with Gasteiger partial charge in [-0.1, -0.05) is 23.7 Å². The second kappa shape index (κ2) is 8.60. The van der Waals surface area contributed by atoms with Crippen molar-refractivity contribution in [3.63, 3.8) is 0 Å². The molecule has 0 aromatic heterocycles. The molecule has 2 rings (SSSR count). The highest BCUT2D eigenvalue weighted by Gasteiger charge is 2.22. The summed E-state index contributed by atoms with van der Waals surface area (Å²) < 4.78 is 10.6. The molecule has 1 aliphatic heterocycles. The Morgan fingerprint density at radius 2 is 2.32 bits per heavy atom. The lowest BCUT2D eigenvalue weighted by Gasteiger charge is -2.08. The van der Waals surface area contributed by atoms with Crippen molar-refractivity contribution < 1.29 is 19.3 Å². The second-order valence-corrected chi connectivity index (χ2v) is 5.25. The molecule has 1 saturated heterocycles. The number of halogens is 1. The van der Waals surface area contributed by atoms with Crippen LogP contribution in [0.25, 0.3) is 0 Å². The zero-order chi connectivity index (χ0) is 15.8. The van der Waals surface area contributed by atoms with Gasteiger partial charge in [-0.15, -0.1) is 0 Å². The van der Waals surface area contributed by atoms with E-state index in [9.17, 15) is 4.79 Å². The molecule has 0 radical (unpaired) electrons. The number of anilines is 1. The van der Waals surface area contributed by atoms with Gasteiger partial charge in [-0.05, 0) is 31.9 Å². The Morgan fingerprint density at radius 1 is 1.50 bits per heavy atom. The minimum atomic E-state index is -0.458. The third-order valence-electron chi connectivity index (χ3n) is 3.21. The molecule has 0 unspecified atom stereocenters. The van der Waals surface area contributed by atoms with Crippen molar-refractivity contribution in [2.24, 2.45) is 0 Å². The predicted octanol–water partition coefficient (Wildman–Crippen LogP) is 0.478. The third-order valence-corrected chi connectivity index (χ3v) is 3.54. The Morgan fingerprint density at radius 3 is 3.00 bits per heavy atom. The van der Waals surface area contributed by atoms with Crippen LogP contribution in [0.4, 0.5) is 5.69 Å². The van der Waals surface area contributed by atoms with Crippen LogP contribution in [0.2, 0.25) is 5.02 Å². The van der Waals surface area contributed by atoms with Gasteiger partial charge in [0.15, 0.2) is 0 Å². The summed E-state index contributed by atoms with van der Waals surface area (Å²) in [5, 5.41) is 0.553. The van der Waals surface area contributed by atoms with Crippen LogP contribution in [0.15, 0.2) is 24.3 Å². The molecule has 22 heavy (non-hydrogen) atoms. The second-order valence-electron chi connectivity index (χ2n) is 4.84. The predicted molar refractivity (Wildman–Crippen MR) is 84.7 cm³/mol. The number of benzene rings is 1. The minimum absolute atomic E-state index is 0.117. The summed E-state index contributed by atoms with van der Waals surface area (Å²) in [5.41, 5.74) is 6.40. The van der Waals surface area contributed by atoms with Crippen molar-refractivity contribution in [2.45, 2.75) is 25.9 Å². The minimum Gasteiger partial charge on any atom is -0.457 e. The zero-order valence-corrected chi connectivity index (χ0v) is 13.3. The van der Waals surface area contributed by atoms with E-state index in [4.69, 9.17) is 21.1 Å². The number of nitrogens with one attached hydrogen (secondary N) is 3. The third kappa shape index (κ3) is 4.89. The van der Waals surface area contributed by atoms with Gasteiger partial charge in [0.05, 0.1) is 23.4 Å². The van der Waals surface area contributed by atoms with Crippen LogP contribution in [0.1, 0.15) is 19.8 Å². The Kier molecular flexibility index (Phi) is 6.48. The maximum Gasteiger partial charge on any atom is 0.423 e. The molecular formula is C15H21ClN3O3+. The number of ether oxygens (including phenoxy) is 2. The van der Waals surface area contributed by atoms with Crippen molar-refractivity contribution in [2.75, 3.05) is 25.2 Å². The zero-order valence-electron chi connectivity index (χ0n) is 12.5. The maximum atomic E-state index is 12.0. The van der Waals surface area contributed by atoms with Crippen molar-refractivity contribution in [1.82, 2.24) is 5.43 Å². The molecule has 1 aliphatic rings. The van der Waals surface area contributed by atoms with E-state index < -0.39 is 5.97 Å². The number of esters is 1. The number of hydrogen-bond donors (Lipinski definition) is 3.